The second-order valence-corrected chi connectivity index (χ2v) is 6.26. The molecule has 0 heterocycles. The van der Waals surface area contributed by atoms with Crippen LogP contribution in [0.1, 0.15) is 11.1 Å². The highest BCUT2D eigenvalue weighted by Gasteiger charge is 2.16. The van der Waals surface area contributed by atoms with Crippen LogP contribution in [0.25, 0.3) is 0 Å². The summed E-state index contributed by atoms with van der Waals surface area (Å²) < 4.78 is 26.9. The van der Waals surface area contributed by atoms with Crippen molar-refractivity contribution in [3.8, 4) is 6.07 Å². The van der Waals surface area contributed by atoms with Crippen LogP contribution in [0.5, 0.6) is 0 Å². The van der Waals surface area contributed by atoms with Crippen molar-refractivity contribution in [2.75, 3.05) is 4.72 Å². The van der Waals surface area contributed by atoms with Crippen molar-refractivity contribution < 1.29 is 8.42 Å². The normalized spacial score (nSPS) is 10.8. The molecule has 2 aromatic carbocycles. The second kappa shape index (κ2) is 5.53. The van der Waals surface area contributed by atoms with Crippen LogP contribution in [0, 0.1) is 18.3 Å². The van der Waals surface area contributed by atoms with Gasteiger partial charge in [-0.1, -0.05) is 23.7 Å². The van der Waals surface area contributed by atoms with Gasteiger partial charge in [0.05, 0.1) is 16.1 Å². The minimum absolute atomic E-state index is 0.104. The number of aryl methyl sites for hydroxylation is 1. The zero-order chi connectivity index (χ0) is 14.8. The summed E-state index contributed by atoms with van der Waals surface area (Å²) in [7, 11) is -3.74. The minimum Gasteiger partial charge on any atom is -0.278 e. The maximum atomic E-state index is 12.3. The third-order valence-electron chi connectivity index (χ3n) is 2.73. The van der Waals surface area contributed by atoms with Crippen molar-refractivity contribution in [2.45, 2.75) is 11.8 Å². The SMILES string of the molecule is Cc1cc(S(=O)(=O)Nc2ccccc2C#N)ccc1Cl. The molecule has 6 heteroatoms. The lowest BCUT2D eigenvalue weighted by atomic mass is 10.2. The fourth-order valence-electron chi connectivity index (χ4n) is 1.66. The van der Waals surface area contributed by atoms with E-state index >= 15 is 0 Å². The summed E-state index contributed by atoms with van der Waals surface area (Å²) in [5.74, 6) is 0. The van der Waals surface area contributed by atoms with Crippen molar-refractivity contribution in [2.24, 2.45) is 0 Å². The van der Waals surface area contributed by atoms with Gasteiger partial charge in [-0.2, -0.15) is 5.26 Å². The van der Waals surface area contributed by atoms with E-state index in [2.05, 4.69) is 4.72 Å². The fraction of sp³-hybridized carbons (Fsp3) is 0.0714. The predicted octanol–water partition coefficient (Wildman–Crippen LogP) is 3.32. The largest absolute Gasteiger partial charge is 0.278 e. The van der Waals surface area contributed by atoms with Gasteiger partial charge in [0.15, 0.2) is 0 Å². The number of para-hydroxylation sites is 1. The molecule has 0 saturated carbocycles. The van der Waals surface area contributed by atoms with E-state index in [9.17, 15) is 8.42 Å². The Bertz CT molecular complexity index is 795. The zero-order valence-electron chi connectivity index (χ0n) is 10.6. The molecule has 0 spiro atoms. The number of halogens is 1. The Morgan fingerprint density at radius 2 is 1.90 bits per heavy atom. The molecule has 0 bridgehead atoms. The van der Waals surface area contributed by atoms with Gasteiger partial charge in [0, 0.05) is 5.02 Å². The number of anilines is 1. The lowest BCUT2D eigenvalue weighted by Gasteiger charge is -2.10. The molecule has 0 aromatic heterocycles. The Labute approximate surface area is 122 Å². The van der Waals surface area contributed by atoms with E-state index in [1.807, 2.05) is 6.07 Å². The molecule has 0 saturated heterocycles. The van der Waals surface area contributed by atoms with Gasteiger partial charge in [0.1, 0.15) is 6.07 Å². The minimum atomic E-state index is -3.74. The number of nitrogens with zero attached hydrogens (tertiary/aromatic N) is 1. The molecule has 0 radical (unpaired) electrons. The van der Waals surface area contributed by atoms with Crippen LogP contribution in [0.2, 0.25) is 5.02 Å². The lowest BCUT2D eigenvalue weighted by Crippen LogP contribution is -2.14. The van der Waals surface area contributed by atoms with Crippen LogP contribution in [-0.2, 0) is 10.0 Å². The van der Waals surface area contributed by atoms with Crippen LogP contribution in [0.4, 0.5) is 5.69 Å². The number of sulfonamides is 1. The summed E-state index contributed by atoms with van der Waals surface area (Å²) in [4.78, 5) is 0.104. The number of hydrogen-bond acceptors (Lipinski definition) is 3. The summed E-state index contributed by atoms with van der Waals surface area (Å²) in [5.41, 5.74) is 1.19. The Kier molecular flexibility index (Phi) is 3.98. The van der Waals surface area contributed by atoms with E-state index in [4.69, 9.17) is 16.9 Å². The predicted molar refractivity (Wildman–Crippen MR) is 78.2 cm³/mol. The molecule has 0 amide bonds. The van der Waals surface area contributed by atoms with Gasteiger partial charge in [-0.25, -0.2) is 8.42 Å². The molecule has 0 fully saturated rings. The Morgan fingerprint density at radius 1 is 1.20 bits per heavy atom. The first-order valence-electron chi connectivity index (χ1n) is 5.72. The monoisotopic (exact) mass is 306 g/mol. The van der Waals surface area contributed by atoms with E-state index in [0.29, 0.717) is 10.6 Å². The third-order valence-corrected chi connectivity index (χ3v) is 4.52. The highest BCUT2D eigenvalue weighted by Crippen LogP contribution is 2.23. The standard InChI is InChI=1S/C14H11ClN2O2S/c1-10-8-12(6-7-13(10)15)20(18,19)17-14-5-3-2-4-11(14)9-16/h2-8,17H,1H3. The first-order chi connectivity index (χ1) is 9.44. The van der Waals surface area contributed by atoms with Crippen molar-refractivity contribution >= 4 is 27.3 Å². The molecular formula is C14H11ClN2O2S. The van der Waals surface area contributed by atoms with Gasteiger partial charge < -0.3 is 0 Å². The molecule has 4 nitrogen and oxygen atoms in total. The molecule has 2 rings (SSSR count). The molecule has 1 N–H and O–H groups in total. The average Bonchev–Trinajstić information content (AvgIpc) is 2.42. The van der Waals surface area contributed by atoms with Gasteiger partial charge >= 0.3 is 0 Å². The maximum absolute atomic E-state index is 12.3. The lowest BCUT2D eigenvalue weighted by molar-refractivity contribution is 0.601. The Hall–Kier alpha value is -2.03. The smallest absolute Gasteiger partial charge is 0.261 e. The maximum Gasteiger partial charge on any atom is 0.261 e. The summed E-state index contributed by atoms with van der Waals surface area (Å²) in [5, 5.41) is 9.47. The molecule has 0 atom stereocenters. The van der Waals surface area contributed by atoms with E-state index < -0.39 is 10.0 Å². The second-order valence-electron chi connectivity index (χ2n) is 4.17. The van der Waals surface area contributed by atoms with E-state index in [1.165, 1.54) is 18.2 Å². The van der Waals surface area contributed by atoms with Crippen LogP contribution in [-0.4, -0.2) is 8.42 Å². The highest BCUT2D eigenvalue weighted by molar-refractivity contribution is 7.92. The molecule has 0 aliphatic heterocycles. The molecular weight excluding hydrogens is 296 g/mol. The zero-order valence-corrected chi connectivity index (χ0v) is 12.2. The van der Waals surface area contributed by atoms with Crippen molar-refractivity contribution in [3.63, 3.8) is 0 Å². The molecule has 102 valence electrons. The molecule has 0 aliphatic carbocycles. The molecule has 0 unspecified atom stereocenters. The number of hydrogen-bond donors (Lipinski definition) is 1. The molecule has 20 heavy (non-hydrogen) atoms. The summed E-state index contributed by atoms with van der Waals surface area (Å²) >= 11 is 5.88. The molecule has 0 aliphatic rings. The number of nitriles is 1. The topological polar surface area (TPSA) is 70.0 Å². The van der Waals surface area contributed by atoms with Crippen LogP contribution >= 0.6 is 11.6 Å². The van der Waals surface area contributed by atoms with Gasteiger partial charge in [0.2, 0.25) is 0 Å². The van der Waals surface area contributed by atoms with E-state index in [-0.39, 0.29) is 16.1 Å². The van der Waals surface area contributed by atoms with Gasteiger partial charge in [-0.3, -0.25) is 4.72 Å². The first-order valence-corrected chi connectivity index (χ1v) is 7.58. The average molecular weight is 307 g/mol. The number of benzene rings is 2. The quantitative estimate of drug-likeness (QED) is 0.945. The van der Waals surface area contributed by atoms with Gasteiger partial charge in [-0.05, 0) is 42.8 Å². The first kappa shape index (κ1) is 14.4. The summed E-state index contributed by atoms with van der Waals surface area (Å²) in [6.07, 6.45) is 0. The van der Waals surface area contributed by atoms with Crippen LogP contribution in [0.3, 0.4) is 0 Å². The third kappa shape index (κ3) is 2.93. The molecule has 2 aromatic rings. The summed E-state index contributed by atoms with van der Waals surface area (Å²) in [6, 6.07) is 12.8. The Balaban J connectivity index is 2.41. The van der Waals surface area contributed by atoms with Crippen molar-refractivity contribution in [3.05, 3.63) is 58.6 Å². The Morgan fingerprint density at radius 3 is 2.55 bits per heavy atom. The van der Waals surface area contributed by atoms with Gasteiger partial charge in [-0.15, -0.1) is 0 Å². The van der Waals surface area contributed by atoms with Crippen molar-refractivity contribution in [1.29, 1.82) is 5.26 Å². The fourth-order valence-corrected chi connectivity index (χ4v) is 2.94. The summed E-state index contributed by atoms with van der Waals surface area (Å²) in [6.45, 7) is 1.73. The number of rotatable bonds is 3. The highest BCUT2D eigenvalue weighted by atomic mass is 35.5. The van der Waals surface area contributed by atoms with Crippen LogP contribution in [0.15, 0.2) is 47.4 Å². The van der Waals surface area contributed by atoms with E-state index in [0.717, 1.165) is 0 Å². The van der Waals surface area contributed by atoms with E-state index in [1.54, 1.807) is 31.2 Å². The number of nitrogens with one attached hydrogen (secondary N) is 1. The van der Waals surface area contributed by atoms with Gasteiger partial charge in [0.25, 0.3) is 10.0 Å². The van der Waals surface area contributed by atoms with Crippen molar-refractivity contribution in [1.82, 2.24) is 0 Å². The van der Waals surface area contributed by atoms with Crippen LogP contribution < -0.4 is 4.72 Å².